The van der Waals surface area contributed by atoms with Gasteiger partial charge in [0.2, 0.25) is 0 Å². The fourth-order valence-electron chi connectivity index (χ4n) is 1.69. The van der Waals surface area contributed by atoms with Crippen molar-refractivity contribution < 1.29 is 14.3 Å². The molecule has 0 bridgehead atoms. The summed E-state index contributed by atoms with van der Waals surface area (Å²) < 4.78 is 12.8. The number of aliphatic hydroxyl groups is 1. The number of halogens is 1. The molecule has 2 rings (SSSR count). The van der Waals surface area contributed by atoms with Crippen LogP contribution in [0.3, 0.4) is 0 Å². The number of benzene rings is 1. The predicted molar refractivity (Wildman–Crippen MR) is 57.6 cm³/mol. The summed E-state index contributed by atoms with van der Waals surface area (Å²) in [5, 5.41) is 12.0. The first-order chi connectivity index (χ1) is 7.46. The van der Waals surface area contributed by atoms with Crippen LogP contribution in [0.15, 0.2) is 24.3 Å². The van der Waals surface area contributed by atoms with Crippen molar-refractivity contribution in [2.75, 3.05) is 18.4 Å². The number of hydrogen-bond acceptors (Lipinski definition) is 2. The van der Waals surface area contributed by atoms with Crippen LogP contribution in [0.1, 0.15) is 6.92 Å². The van der Waals surface area contributed by atoms with Gasteiger partial charge in [0, 0.05) is 5.69 Å². The predicted octanol–water partition coefficient (Wildman–Crippen LogP) is 1.42. The molecule has 1 aromatic carbocycles. The Morgan fingerprint density at radius 1 is 1.56 bits per heavy atom. The molecule has 1 heterocycles. The van der Waals surface area contributed by atoms with Gasteiger partial charge in [-0.2, -0.15) is 0 Å². The maximum absolute atomic E-state index is 12.8. The van der Waals surface area contributed by atoms with Gasteiger partial charge in [-0.3, -0.25) is 0 Å². The maximum atomic E-state index is 12.8. The summed E-state index contributed by atoms with van der Waals surface area (Å²) >= 11 is 0. The Balaban J connectivity index is 1.94. The van der Waals surface area contributed by atoms with E-state index in [1.807, 2.05) is 0 Å². The zero-order chi connectivity index (χ0) is 11.8. The van der Waals surface area contributed by atoms with Gasteiger partial charge in [0.05, 0.1) is 18.7 Å². The van der Waals surface area contributed by atoms with E-state index in [1.165, 1.54) is 23.1 Å². The lowest BCUT2D eigenvalue weighted by molar-refractivity contribution is -0.0581. The Bertz CT molecular complexity index is 412. The van der Waals surface area contributed by atoms with Crippen LogP contribution < -0.4 is 5.32 Å². The molecule has 1 aliphatic rings. The van der Waals surface area contributed by atoms with Crippen molar-refractivity contribution in [2.24, 2.45) is 0 Å². The molecule has 4 nitrogen and oxygen atoms in total. The molecule has 0 atom stereocenters. The van der Waals surface area contributed by atoms with Gasteiger partial charge in [-0.05, 0) is 25.1 Å². The van der Waals surface area contributed by atoms with E-state index in [-0.39, 0.29) is 6.03 Å². The van der Waals surface area contributed by atoms with Crippen LogP contribution in [0, 0.1) is 5.82 Å². The smallest absolute Gasteiger partial charge is 0.322 e. The van der Waals surface area contributed by atoms with Crippen LogP contribution in [0.5, 0.6) is 0 Å². The zero-order valence-corrected chi connectivity index (χ0v) is 8.90. The SMILES string of the molecule is CC1(O)CN(C(=O)Nc2cccc(F)c2)C1. The summed E-state index contributed by atoms with van der Waals surface area (Å²) in [7, 11) is 0. The number of anilines is 1. The standard InChI is InChI=1S/C11H13FN2O2/c1-11(16)6-14(7-11)10(15)13-9-4-2-3-8(12)5-9/h2-5,16H,6-7H2,1H3,(H,13,15). The summed E-state index contributed by atoms with van der Waals surface area (Å²) in [6.45, 7) is 2.27. The molecule has 86 valence electrons. The summed E-state index contributed by atoms with van der Waals surface area (Å²) in [6.07, 6.45) is 0. The van der Waals surface area contributed by atoms with E-state index in [1.54, 1.807) is 13.0 Å². The minimum absolute atomic E-state index is 0.300. The largest absolute Gasteiger partial charge is 0.386 e. The van der Waals surface area contributed by atoms with Crippen molar-refractivity contribution in [1.82, 2.24) is 4.90 Å². The molecule has 0 unspecified atom stereocenters. The first-order valence-corrected chi connectivity index (χ1v) is 5.00. The average molecular weight is 224 g/mol. The molecular weight excluding hydrogens is 211 g/mol. The third-order valence-electron chi connectivity index (χ3n) is 2.43. The number of amides is 2. The number of nitrogens with zero attached hydrogens (tertiary/aromatic N) is 1. The molecule has 5 heteroatoms. The Labute approximate surface area is 92.7 Å². The summed E-state index contributed by atoms with van der Waals surface area (Å²) in [5.74, 6) is -0.395. The van der Waals surface area contributed by atoms with Gasteiger partial charge in [0.15, 0.2) is 0 Å². The minimum atomic E-state index is -0.792. The molecule has 0 saturated carbocycles. The molecule has 0 radical (unpaired) electrons. The molecule has 16 heavy (non-hydrogen) atoms. The monoisotopic (exact) mass is 224 g/mol. The third kappa shape index (κ3) is 2.30. The summed E-state index contributed by atoms with van der Waals surface area (Å²) in [6, 6.07) is 5.37. The highest BCUT2D eigenvalue weighted by atomic mass is 19.1. The Hall–Kier alpha value is -1.62. The number of β-amino-alcohol motifs (C(OH)–C–C–N with tert-alkyl or cyclic N) is 1. The second-order valence-corrected chi connectivity index (χ2v) is 4.29. The highest BCUT2D eigenvalue weighted by molar-refractivity contribution is 5.90. The van der Waals surface area contributed by atoms with Crippen LogP contribution in [0.4, 0.5) is 14.9 Å². The van der Waals surface area contributed by atoms with Crippen LogP contribution in [0.2, 0.25) is 0 Å². The lowest BCUT2D eigenvalue weighted by Gasteiger charge is -2.43. The van der Waals surface area contributed by atoms with Crippen molar-refractivity contribution in [3.05, 3.63) is 30.1 Å². The molecule has 2 N–H and O–H groups in total. The van der Waals surface area contributed by atoms with Crippen molar-refractivity contribution in [2.45, 2.75) is 12.5 Å². The Morgan fingerprint density at radius 2 is 2.25 bits per heavy atom. The second-order valence-electron chi connectivity index (χ2n) is 4.29. The first kappa shape index (κ1) is 10.9. The number of nitrogens with one attached hydrogen (secondary N) is 1. The second kappa shape index (κ2) is 3.75. The van der Waals surface area contributed by atoms with E-state index in [0.717, 1.165) is 0 Å². The number of likely N-dealkylation sites (tertiary alicyclic amines) is 1. The lowest BCUT2D eigenvalue weighted by atomic mass is 9.98. The van der Waals surface area contributed by atoms with Crippen LogP contribution in [0.25, 0.3) is 0 Å². The summed E-state index contributed by atoms with van der Waals surface area (Å²) in [5.41, 5.74) is -0.379. The fraction of sp³-hybridized carbons (Fsp3) is 0.364. The van der Waals surface area contributed by atoms with E-state index in [9.17, 15) is 14.3 Å². The van der Waals surface area contributed by atoms with Crippen LogP contribution in [-0.2, 0) is 0 Å². The van der Waals surface area contributed by atoms with Crippen molar-refractivity contribution in [3.8, 4) is 0 Å². The van der Waals surface area contributed by atoms with Crippen LogP contribution >= 0.6 is 0 Å². The number of urea groups is 1. The number of carbonyl (C=O) groups excluding carboxylic acids is 1. The van der Waals surface area contributed by atoms with Gasteiger partial charge < -0.3 is 15.3 Å². The first-order valence-electron chi connectivity index (χ1n) is 5.00. The number of hydrogen-bond donors (Lipinski definition) is 2. The van der Waals surface area contributed by atoms with Gasteiger partial charge in [-0.15, -0.1) is 0 Å². The average Bonchev–Trinajstić information content (AvgIpc) is 2.13. The fourth-order valence-corrected chi connectivity index (χ4v) is 1.69. The molecule has 2 amide bonds. The van der Waals surface area contributed by atoms with Crippen LogP contribution in [-0.4, -0.2) is 34.7 Å². The Kier molecular flexibility index (Phi) is 2.55. The zero-order valence-electron chi connectivity index (χ0n) is 8.90. The maximum Gasteiger partial charge on any atom is 0.322 e. The molecule has 1 aliphatic heterocycles. The molecule has 0 aliphatic carbocycles. The minimum Gasteiger partial charge on any atom is -0.386 e. The molecule has 0 spiro atoms. The Morgan fingerprint density at radius 3 is 2.81 bits per heavy atom. The van der Waals surface area contributed by atoms with Crippen molar-refractivity contribution in [3.63, 3.8) is 0 Å². The quantitative estimate of drug-likeness (QED) is 0.758. The third-order valence-corrected chi connectivity index (χ3v) is 2.43. The topological polar surface area (TPSA) is 52.6 Å². The molecular formula is C11H13FN2O2. The van der Waals surface area contributed by atoms with E-state index < -0.39 is 11.4 Å². The van der Waals surface area contributed by atoms with Crippen molar-refractivity contribution in [1.29, 1.82) is 0 Å². The summed E-state index contributed by atoms with van der Waals surface area (Å²) in [4.78, 5) is 13.0. The van der Waals surface area contributed by atoms with E-state index >= 15 is 0 Å². The van der Waals surface area contributed by atoms with Gasteiger partial charge in [0.25, 0.3) is 0 Å². The van der Waals surface area contributed by atoms with Gasteiger partial charge in [-0.25, -0.2) is 9.18 Å². The normalized spacial score (nSPS) is 17.8. The van der Waals surface area contributed by atoms with E-state index in [0.29, 0.717) is 18.8 Å². The molecule has 1 aromatic rings. The molecule has 1 fully saturated rings. The highest BCUT2D eigenvalue weighted by Gasteiger charge is 2.39. The highest BCUT2D eigenvalue weighted by Crippen LogP contribution is 2.20. The van der Waals surface area contributed by atoms with Gasteiger partial charge in [-0.1, -0.05) is 6.07 Å². The molecule has 1 saturated heterocycles. The van der Waals surface area contributed by atoms with Gasteiger partial charge >= 0.3 is 6.03 Å². The van der Waals surface area contributed by atoms with Gasteiger partial charge in [0.1, 0.15) is 5.82 Å². The molecule has 0 aromatic heterocycles. The van der Waals surface area contributed by atoms with E-state index in [4.69, 9.17) is 0 Å². The van der Waals surface area contributed by atoms with E-state index in [2.05, 4.69) is 5.32 Å². The van der Waals surface area contributed by atoms with Crippen molar-refractivity contribution >= 4 is 11.7 Å². The number of carbonyl (C=O) groups is 1. The lowest BCUT2D eigenvalue weighted by Crippen LogP contribution is -2.62. The number of rotatable bonds is 1.